The van der Waals surface area contributed by atoms with E-state index in [1.807, 2.05) is 6.07 Å². The van der Waals surface area contributed by atoms with Gasteiger partial charge in [-0.3, -0.25) is 28.8 Å². The number of hydrogen-bond donors (Lipinski definition) is 3. The average molecular weight is 502 g/mol. The van der Waals surface area contributed by atoms with Crippen LogP contribution in [0.2, 0.25) is 0 Å². The van der Waals surface area contributed by atoms with Crippen LogP contribution >= 0.6 is 0 Å². The summed E-state index contributed by atoms with van der Waals surface area (Å²) in [6, 6.07) is 6.95. The van der Waals surface area contributed by atoms with Crippen molar-refractivity contribution in [1.82, 2.24) is 16.0 Å². The van der Waals surface area contributed by atoms with Crippen LogP contribution in [0, 0.1) is 0 Å². The lowest BCUT2D eigenvalue weighted by Crippen LogP contribution is -2.32. The third-order valence-corrected chi connectivity index (χ3v) is 5.67. The van der Waals surface area contributed by atoms with E-state index in [-0.39, 0.29) is 49.3 Å². The molecule has 0 bridgehead atoms. The van der Waals surface area contributed by atoms with Gasteiger partial charge in [-0.25, -0.2) is 0 Å². The summed E-state index contributed by atoms with van der Waals surface area (Å²) >= 11 is 0. The van der Waals surface area contributed by atoms with E-state index < -0.39 is 17.7 Å². The van der Waals surface area contributed by atoms with E-state index in [4.69, 9.17) is 4.74 Å². The Kier molecular flexibility index (Phi) is 12.5. The van der Waals surface area contributed by atoms with E-state index in [9.17, 15) is 28.8 Å². The van der Waals surface area contributed by atoms with Gasteiger partial charge in [-0.05, 0) is 31.7 Å². The first-order valence-electron chi connectivity index (χ1n) is 12.4. The van der Waals surface area contributed by atoms with Crippen molar-refractivity contribution in [2.75, 3.05) is 26.2 Å². The monoisotopic (exact) mass is 501 g/mol. The first-order valence-corrected chi connectivity index (χ1v) is 12.4. The van der Waals surface area contributed by atoms with Crippen LogP contribution in [0.4, 0.5) is 0 Å². The van der Waals surface area contributed by atoms with Crippen LogP contribution in [0.5, 0.6) is 0 Å². The summed E-state index contributed by atoms with van der Waals surface area (Å²) in [5, 5.41) is 8.05. The molecule has 0 heterocycles. The second-order valence-electron chi connectivity index (χ2n) is 8.72. The second-order valence-corrected chi connectivity index (χ2v) is 8.72. The Balaban J connectivity index is 1.49. The number of Topliss-reactive ketones (excluding diaryl/α,β-unsaturated/α-hetero) is 3. The summed E-state index contributed by atoms with van der Waals surface area (Å²) in [6.07, 6.45) is 2.30. The van der Waals surface area contributed by atoms with E-state index in [0.29, 0.717) is 57.4 Å². The molecule has 1 aliphatic carbocycles. The Morgan fingerprint density at radius 3 is 2.14 bits per heavy atom. The first kappa shape index (κ1) is 28.8. The standard InChI is InChI=1S/C26H35N3O7/c1-18(30)11-14-28-24(33)10-6-13-27-25(34)12-15-29-23(32)9-4-5-16-36-22-17-21(31)26(35)20-8-3-2-7-19(20)22/h2-3,7-8,22H,4-6,9-17H2,1H3,(H,27,34)(H,28,33)(H,29,32). The molecule has 10 heteroatoms. The molecular weight excluding hydrogens is 466 g/mol. The fraction of sp³-hybridized carbons (Fsp3) is 0.538. The van der Waals surface area contributed by atoms with E-state index in [1.165, 1.54) is 6.92 Å². The Morgan fingerprint density at radius 1 is 0.806 bits per heavy atom. The fourth-order valence-corrected chi connectivity index (χ4v) is 3.70. The zero-order valence-corrected chi connectivity index (χ0v) is 20.7. The number of ether oxygens (including phenoxy) is 1. The SMILES string of the molecule is CC(=O)CCNC(=O)CCCNC(=O)CCNC(=O)CCCCOC1CC(=O)C(=O)c2ccccc21. The van der Waals surface area contributed by atoms with Gasteiger partial charge in [0.15, 0.2) is 0 Å². The normalized spacial score (nSPS) is 14.6. The van der Waals surface area contributed by atoms with Crippen molar-refractivity contribution in [1.29, 1.82) is 0 Å². The molecule has 36 heavy (non-hydrogen) atoms. The van der Waals surface area contributed by atoms with Crippen LogP contribution in [0.3, 0.4) is 0 Å². The number of ketones is 3. The number of fused-ring (bicyclic) bond motifs is 1. The molecule has 196 valence electrons. The Bertz CT molecular complexity index is 961. The van der Waals surface area contributed by atoms with Crippen LogP contribution in [0.25, 0.3) is 0 Å². The highest BCUT2D eigenvalue weighted by atomic mass is 16.5. The fourth-order valence-electron chi connectivity index (χ4n) is 3.70. The highest BCUT2D eigenvalue weighted by Gasteiger charge is 2.32. The smallest absolute Gasteiger partial charge is 0.229 e. The van der Waals surface area contributed by atoms with Crippen LogP contribution in [-0.2, 0) is 28.7 Å². The maximum absolute atomic E-state index is 12.0. The predicted octanol–water partition coefficient (Wildman–Crippen LogP) is 1.57. The molecule has 0 fully saturated rings. The van der Waals surface area contributed by atoms with Crippen molar-refractivity contribution >= 4 is 35.1 Å². The molecule has 0 radical (unpaired) electrons. The largest absolute Gasteiger partial charge is 0.373 e. The number of carbonyl (C=O) groups excluding carboxylic acids is 6. The summed E-state index contributed by atoms with van der Waals surface area (Å²) in [5.41, 5.74) is 1.12. The molecule has 1 aliphatic rings. The van der Waals surface area contributed by atoms with Gasteiger partial charge in [0.1, 0.15) is 5.78 Å². The molecule has 1 unspecified atom stereocenters. The summed E-state index contributed by atoms with van der Waals surface area (Å²) in [6.45, 7) is 2.74. The van der Waals surface area contributed by atoms with E-state index in [1.54, 1.807) is 18.2 Å². The molecule has 0 spiro atoms. The molecule has 3 N–H and O–H groups in total. The minimum absolute atomic E-state index is 0.0169. The first-order chi connectivity index (χ1) is 17.3. The van der Waals surface area contributed by atoms with Gasteiger partial charge in [-0.1, -0.05) is 24.3 Å². The topological polar surface area (TPSA) is 148 Å². The van der Waals surface area contributed by atoms with Gasteiger partial charge in [0.2, 0.25) is 29.3 Å². The minimum Gasteiger partial charge on any atom is -0.373 e. The molecule has 2 rings (SSSR count). The van der Waals surface area contributed by atoms with Crippen molar-refractivity contribution in [3.8, 4) is 0 Å². The number of carbonyl (C=O) groups is 6. The lowest BCUT2D eigenvalue weighted by molar-refractivity contribution is -0.124. The molecule has 10 nitrogen and oxygen atoms in total. The zero-order valence-electron chi connectivity index (χ0n) is 20.7. The number of hydrogen-bond acceptors (Lipinski definition) is 7. The molecular formula is C26H35N3O7. The molecule has 0 saturated carbocycles. The molecule has 0 saturated heterocycles. The number of nitrogens with one attached hydrogen (secondary N) is 3. The van der Waals surface area contributed by atoms with Crippen molar-refractivity contribution < 1.29 is 33.5 Å². The van der Waals surface area contributed by atoms with Gasteiger partial charge in [0.05, 0.1) is 6.10 Å². The number of amides is 3. The van der Waals surface area contributed by atoms with Gasteiger partial charge in [-0.15, -0.1) is 0 Å². The lowest BCUT2D eigenvalue weighted by atomic mass is 9.87. The number of rotatable bonds is 16. The molecule has 1 aromatic rings. The van der Waals surface area contributed by atoms with Crippen LogP contribution in [0.1, 0.15) is 80.3 Å². The Hall–Kier alpha value is -3.40. The van der Waals surface area contributed by atoms with Gasteiger partial charge >= 0.3 is 0 Å². The van der Waals surface area contributed by atoms with Crippen molar-refractivity contribution in [3.63, 3.8) is 0 Å². The summed E-state index contributed by atoms with van der Waals surface area (Å²) in [7, 11) is 0. The van der Waals surface area contributed by atoms with Gasteiger partial charge in [-0.2, -0.15) is 0 Å². The molecule has 0 aliphatic heterocycles. The molecule has 1 atom stereocenters. The number of benzene rings is 1. The van der Waals surface area contributed by atoms with Gasteiger partial charge in [0.25, 0.3) is 0 Å². The van der Waals surface area contributed by atoms with Crippen LogP contribution < -0.4 is 16.0 Å². The van der Waals surface area contributed by atoms with Crippen molar-refractivity contribution in [3.05, 3.63) is 35.4 Å². The summed E-state index contributed by atoms with van der Waals surface area (Å²) in [5.74, 6) is -1.43. The zero-order chi connectivity index (χ0) is 26.3. The third kappa shape index (κ3) is 10.5. The highest BCUT2D eigenvalue weighted by Crippen LogP contribution is 2.30. The van der Waals surface area contributed by atoms with Gasteiger partial charge in [0, 0.05) is 63.9 Å². The molecule has 3 amide bonds. The molecule has 0 aromatic heterocycles. The predicted molar refractivity (Wildman–Crippen MR) is 131 cm³/mol. The van der Waals surface area contributed by atoms with Crippen LogP contribution in [0.15, 0.2) is 24.3 Å². The van der Waals surface area contributed by atoms with E-state index in [0.717, 1.165) is 5.56 Å². The van der Waals surface area contributed by atoms with E-state index in [2.05, 4.69) is 16.0 Å². The lowest BCUT2D eigenvalue weighted by Gasteiger charge is -2.23. The maximum Gasteiger partial charge on any atom is 0.229 e. The van der Waals surface area contributed by atoms with Crippen molar-refractivity contribution in [2.24, 2.45) is 0 Å². The van der Waals surface area contributed by atoms with Crippen molar-refractivity contribution in [2.45, 2.75) is 64.4 Å². The highest BCUT2D eigenvalue weighted by molar-refractivity contribution is 6.45. The summed E-state index contributed by atoms with van der Waals surface area (Å²) in [4.78, 5) is 70.1. The minimum atomic E-state index is -0.472. The maximum atomic E-state index is 12.0. The Labute approximate surface area is 210 Å². The van der Waals surface area contributed by atoms with Crippen LogP contribution in [-0.4, -0.2) is 61.3 Å². The molecule has 1 aromatic carbocycles. The summed E-state index contributed by atoms with van der Waals surface area (Å²) < 4.78 is 5.82. The Morgan fingerprint density at radius 2 is 1.42 bits per heavy atom. The quantitative estimate of drug-likeness (QED) is 0.230. The van der Waals surface area contributed by atoms with E-state index >= 15 is 0 Å². The van der Waals surface area contributed by atoms with Gasteiger partial charge < -0.3 is 20.7 Å². The third-order valence-electron chi connectivity index (χ3n) is 5.67. The average Bonchev–Trinajstić information content (AvgIpc) is 2.84. The number of unbranched alkanes of at least 4 members (excludes halogenated alkanes) is 1. The second kappa shape index (κ2) is 15.6.